The second kappa shape index (κ2) is 10.6. The minimum atomic E-state index is -0.0541. The van der Waals surface area contributed by atoms with Gasteiger partial charge in [-0.2, -0.15) is 0 Å². The Morgan fingerprint density at radius 1 is 1.00 bits per heavy atom. The molecule has 0 bridgehead atoms. The van der Waals surface area contributed by atoms with E-state index >= 15 is 0 Å². The number of aromatic nitrogens is 4. The van der Waals surface area contributed by atoms with Crippen molar-refractivity contribution in [2.24, 2.45) is 0 Å². The van der Waals surface area contributed by atoms with Gasteiger partial charge in [-0.3, -0.25) is 19.3 Å². The number of aryl methyl sites for hydroxylation is 1. The molecule has 0 amide bonds. The predicted octanol–water partition coefficient (Wildman–Crippen LogP) is 3.45. The summed E-state index contributed by atoms with van der Waals surface area (Å²) in [5, 5.41) is 10.6. The maximum absolute atomic E-state index is 10.6. The molecular formula is C29H35N7O. The Labute approximate surface area is 218 Å². The van der Waals surface area contributed by atoms with Crippen LogP contribution in [0.15, 0.2) is 61.1 Å². The van der Waals surface area contributed by atoms with Gasteiger partial charge in [-0.25, -0.2) is 4.98 Å². The van der Waals surface area contributed by atoms with Crippen LogP contribution in [0.5, 0.6) is 0 Å². The number of aliphatic hydroxyl groups is 1. The van der Waals surface area contributed by atoms with Crippen molar-refractivity contribution < 1.29 is 5.11 Å². The molecular weight excluding hydrogens is 462 g/mol. The molecule has 1 saturated heterocycles. The fourth-order valence-electron chi connectivity index (χ4n) is 5.89. The minimum absolute atomic E-state index is 0.0541. The van der Waals surface area contributed by atoms with Crippen LogP contribution < -0.4 is 4.90 Å². The zero-order valence-electron chi connectivity index (χ0n) is 21.5. The molecule has 8 heteroatoms. The van der Waals surface area contributed by atoms with E-state index in [0.717, 1.165) is 80.4 Å². The lowest BCUT2D eigenvalue weighted by Gasteiger charge is -2.35. The van der Waals surface area contributed by atoms with E-state index in [-0.39, 0.29) is 12.6 Å². The summed E-state index contributed by atoms with van der Waals surface area (Å²) in [6.07, 6.45) is 8.93. The quantitative estimate of drug-likeness (QED) is 0.419. The third-order valence-corrected chi connectivity index (χ3v) is 7.85. The summed E-state index contributed by atoms with van der Waals surface area (Å²) in [5.74, 6) is 1.11. The molecule has 0 aromatic carbocycles. The summed E-state index contributed by atoms with van der Waals surface area (Å²) in [5.41, 5.74) is 6.36. The van der Waals surface area contributed by atoms with E-state index in [1.807, 2.05) is 36.8 Å². The number of imidazole rings is 1. The first-order valence-electron chi connectivity index (χ1n) is 13.3. The molecule has 1 aliphatic carbocycles. The first-order chi connectivity index (χ1) is 18.2. The number of hydrogen-bond acceptors (Lipinski definition) is 7. The SMILES string of the molecule is CN1CCN(c2cccc3nc(CN(Cc4cccnc4)[C@H]4CCCc5cccnc54)c(CO)n23)CC1. The van der Waals surface area contributed by atoms with Crippen molar-refractivity contribution in [3.05, 3.63) is 89.3 Å². The van der Waals surface area contributed by atoms with Gasteiger partial charge in [0.05, 0.1) is 29.7 Å². The number of piperazine rings is 1. The Bertz CT molecular complexity index is 1350. The van der Waals surface area contributed by atoms with Gasteiger partial charge in [0.15, 0.2) is 0 Å². The summed E-state index contributed by atoms with van der Waals surface area (Å²) in [7, 11) is 2.17. The van der Waals surface area contributed by atoms with Gasteiger partial charge >= 0.3 is 0 Å². The number of fused-ring (bicyclic) bond motifs is 2. The predicted molar refractivity (Wildman–Crippen MR) is 144 cm³/mol. The molecule has 37 heavy (non-hydrogen) atoms. The third-order valence-electron chi connectivity index (χ3n) is 7.85. The topological polar surface area (TPSA) is 73.0 Å². The largest absolute Gasteiger partial charge is 0.390 e. The highest BCUT2D eigenvalue weighted by Gasteiger charge is 2.29. The Kier molecular flexibility index (Phi) is 6.87. The van der Waals surface area contributed by atoms with Gasteiger partial charge in [0.1, 0.15) is 11.5 Å². The molecule has 0 unspecified atom stereocenters. The summed E-state index contributed by atoms with van der Waals surface area (Å²) < 4.78 is 2.16. The molecule has 6 rings (SSSR count). The summed E-state index contributed by atoms with van der Waals surface area (Å²) >= 11 is 0. The first kappa shape index (κ1) is 24.0. The average molecular weight is 498 g/mol. The summed E-state index contributed by atoms with van der Waals surface area (Å²) in [4.78, 5) is 21.5. The van der Waals surface area contributed by atoms with Gasteiger partial charge in [0.2, 0.25) is 0 Å². The second-order valence-electron chi connectivity index (χ2n) is 10.3. The monoisotopic (exact) mass is 497 g/mol. The van der Waals surface area contributed by atoms with Crippen LogP contribution in [0, 0.1) is 0 Å². The molecule has 5 heterocycles. The molecule has 8 nitrogen and oxygen atoms in total. The average Bonchev–Trinajstić information content (AvgIpc) is 3.30. The number of nitrogens with zero attached hydrogens (tertiary/aromatic N) is 7. The third kappa shape index (κ3) is 4.84. The van der Waals surface area contributed by atoms with Gasteiger partial charge in [-0.05, 0) is 61.7 Å². The molecule has 0 radical (unpaired) electrons. The number of pyridine rings is 3. The van der Waals surface area contributed by atoms with Gasteiger partial charge in [-0.1, -0.05) is 18.2 Å². The fraction of sp³-hybridized carbons (Fsp3) is 0.414. The van der Waals surface area contributed by atoms with E-state index in [2.05, 4.69) is 55.4 Å². The van der Waals surface area contributed by atoms with E-state index in [9.17, 15) is 5.11 Å². The molecule has 1 N–H and O–H groups in total. The second-order valence-corrected chi connectivity index (χ2v) is 10.3. The fourth-order valence-corrected chi connectivity index (χ4v) is 5.89. The molecule has 0 saturated carbocycles. The van der Waals surface area contributed by atoms with E-state index in [0.29, 0.717) is 6.54 Å². The van der Waals surface area contributed by atoms with Crippen LogP contribution in [-0.4, -0.2) is 67.5 Å². The van der Waals surface area contributed by atoms with Crippen LogP contribution in [0.25, 0.3) is 5.65 Å². The van der Waals surface area contributed by atoms with E-state index < -0.39 is 0 Å². The summed E-state index contributed by atoms with van der Waals surface area (Å²) in [6.45, 7) is 5.31. The highest BCUT2D eigenvalue weighted by atomic mass is 16.3. The smallest absolute Gasteiger partial charge is 0.138 e. The van der Waals surface area contributed by atoms with E-state index in [4.69, 9.17) is 9.97 Å². The Morgan fingerprint density at radius 3 is 2.68 bits per heavy atom. The lowest BCUT2D eigenvalue weighted by atomic mass is 9.90. The van der Waals surface area contributed by atoms with Gasteiger partial charge in [-0.15, -0.1) is 0 Å². The van der Waals surface area contributed by atoms with Gasteiger partial charge < -0.3 is 14.9 Å². The zero-order valence-corrected chi connectivity index (χ0v) is 21.5. The number of rotatable bonds is 7. The van der Waals surface area contributed by atoms with Crippen molar-refractivity contribution >= 4 is 11.5 Å². The molecule has 1 aliphatic heterocycles. The number of anilines is 1. The summed E-state index contributed by atoms with van der Waals surface area (Å²) in [6, 6.07) is 14.8. The molecule has 2 aliphatic rings. The van der Waals surface area contributed by atoms with Crippen molar-refractivity contribution in [1.82, 2.24) is 29.2 Å². The maximum atomic E-state index is 10.6. The van der Waals surface area contributed by atoms with E-state index in [1.165, 1.54) is 11.3 Å². The minimum Gasteiger partial charge on any atom is -0.390 e. The van der Waals surface area contributed by atoms with Crippen LogP contribution in [0.2, 0.25) is 0 Å². The van der Waals surface area contributed by atoms with E-state index in [1.54, 1.807) is 0 Å². The normalized spacial score (nSPS) is 18.5. The van der Waals surface area contributed by atoms with Crippen molar-refractivity contribution in [3.63, 3.8) is 0 Å². The van der Waals surface area contributed by atoms with Crippen LogP contribution in [-0.2, 0) is 26.1 Å². The van der Waals surface area contributed by atoms with Crippen molar-refractivity contribution in [1.29, 1.82) is 0 Å². The molecule has 1 atom stereocenters. The zero-order chi connectivity index (χ0) is 25.2. The van der Waals surface area contributed by atoms with Crippen molar-refractivity contribution in [3.8, 4) is 0 Å². The van der Waals surface area contributed by atoms with Crippen LogP contribution in [0.1, 0.15) is 47.1 Å². The standard InChI is InChI=1S/C29H35N7O/c1-33-14-16-34(17-15-33)28-11-3-10-27-32-24(26(21-37)36(27)28)20-35(19-22-6-4-12-30-18-22)25-9-2-7-23-8-5-13-31-29(23)25/h3-6,8,10-13,18,25,37H,2,7,9,14-17,19-21H2,1H3/t25-/m0/s1. The molecule has 0 spiro atoms. The molecule has 4 aromatic rings. The van der Waals surface area contributed by atoms with Crippen LogP contribution in [0.4, 0.5) is 5.82 Å². The lowest BCUT2D eigenvalue weighted by Crippen LogP contribution is -2.45. The van der Waals surface area contributed by atoms with Gasteiger partial charge in [0.25, 0.3) is 0 Å². The molecule has 1 fully saturated rings. The Morgan fingerprint density at radius 2 is 1.86 bits per heavy atom. The van der Waals surface area contributed by atoms with Crippen molar-refractivity contribution in [2.75, 3.05) is 38.1 Å². The highest BCUT2D eigenvalue weighted by Crippen LogP contribution is 2.35. The van der Waals surface area contributed by atoms with Crippen molar-refractivity contribution in [2.45, 2.75) is 45.0 Å². The highest BCUT2D eigenvalue weighted by molar-refractivity contribution is 5.55. The number of hydrogen-bond donors (Lipinski definition) is 1. The number of likely N-dealkylation sites (N-methyl/N-ethyl adjacent to an activating group) is 1. The molecule has 192 valence electrons. The Hall–Kier alpha value is -3.33. The van der Waals surface area contributed by atoms with Crippen LogP contribution in [0.3, 0.4) is 0 Å². The Balaban J connectivity index is 1.39. The van der Waals surface area contributed by atoms with Crippen LogP contribution >= 0.6 is 0 Å². The maximum Gasteiger partial charge on any atom is 0.138 e. The first-order valence-corrected chi connectivity index (χ1v) is 13.3. The number of aliphatic hydroxyl groups excluding tert-OH is 1. The van der Waals surface area contributed by atoms with Gasteiger partial charge in [0, 0.05) is 57.9 Å². The lowest BCUT2D eigenvalue weighted by molar-refractivity contribution is 0.153. The molecule has 4 aromatic heterocycles.